The number of unbranched alkanes of at least 4 members (excludes halogenated alkanes) is 20. The highest BCUT2D eigenvalue weighted by Gasteiger charge is 2.19. The average Bonchev–Trinajstić information content (AvgIpc) is 3.23. The van der Waals surface area contributed by atoms with Gasteiger partial charge in [0, 0.05) is 19.3 Å². The lowest BCUT2D eigenvalue weighted by Gasteiger charge is -2.18. The lowest BCUT2D eigenvalue weighted by Crippen LogP contribution is -2.30. The zero-order valence-electron chi connectivity index (χ0n) is 38.5. The van der Waals surface area contributed by atoms with Crippen LogP contribution in [0.1, 0.15) is 226 Å². The first kappa shape index (κ1) is 55.9. The molecule has 0 aromatic rings. The Morgan fingerprint density at radius 3 is 1.15 bits per heavy atom. The van der Waals surface area contributed by atoms with Gasteiger partial charge < -0.3 is 14.2 Å². The van der Waals surface area contributed by atoms with Gasteiger partial charge in [0.2, 0.25) is 0 Å². The zero-order valence-corrected chi connectivity index (χ0v) is 38.5. The minimum absolute atomic E-state index is 0.102. The molecule has 0 amide bonds. The van der Waals surface area contributed by atoms with Crippen molar-refractivity contribution in [3.8, 4) is 0 Å². The summed E-state index contributed by atoms with van der Waals surface area (Å²) in [6.45, 7) is 6.42. The van der Waals surface area contributed by atoms with E-state index < -0.39 is 6.10 Å². The summed E-state index contributed by atoms with van der Waals surface area (Å²) in [6, 6.07) is 0. The van der Waals surface area contributed by atoms with Crippen molar-refractivity contribution in [1.82, 2.24) is 0 Å². The van der Waals surface area contributed by atoms with E-state index in [0.717, 1.165) is 103 Å². The molecule has 0 N–H and O–H groups in total. The van der Waals surface area contributed by atoms with Crippen LogP contribution in [0.4, 0.5) is 0 Å². The number of hydrogen-bond acceptors (Lipinski definition) is 6. The third-order valence-corrected chi connectivity index (χ3v) is 10.2. The van der Waals surface area contributed by atoms with Gasteiger partial charge >= 0.3 is 17.9 Å². The van der Waals surface area contributed by atoms with Crippen LogP contribution in [-0.2, 0) is 28.6 Å². The summed E-state index contributed by atoms with van der Waals surface area (Å²) in [4.78, 5) is 37.8. The van der Waals surface area contributed by atoms with E-state index in [0.29, 0.717) is 19.3 Å². The van der Waals surface area contributed by atoms with Crippen LogP contribution in [0.2, 0.25) is 0 Å². The van der Waals surface area contributed by atoms with Gasteiger partial charge in [-0.2, -0.15) is 0 Å². The number of allylic oxidation sites excluding steroid dienone is 12. The van der Waals surface area contributed by atoms with Gasteiger partial charge in [-0.1, -0.05) is 177 Å². The maximum atomic E-state index is 12.7. The van der Waals surface area contributed by atoms with Crippen molar-refractivity contribution in [3.63, 3.8) is 0 Å². The van der Waals surface area contributed by atoms with Crippen molar-refractivity contribution >= 4 is 17.9 Å². The predicted octanol–water partition coefficient (Wildman–Crippen LogP) is 15.9. The Labute approximate surface area is 363 Å². The number of ether oxygens (including phenoxy) is 3. The molecule has 0 aromatic carbocycles. The smallest absolute Gasteiger partial charge is 0.306 e. The first-order chi connectivity index (χ1) is 29.0. The van der Waals surface area contributed by atoms with Gasteiger partial charge in [-0.15, -0.1) is 0 Å². The fourth-order valence-corrected chi connectivity index (χ4v) is 6.49. The molecule has 0 aliphatic heterocycles. The maximum absolute atomic E-state index is 12.7. The molecule has 1 unspecified atom stereocenters. The van der Waals surface area contributed by atoms with Gasteiger partial charge in [-0.25, -0.2) is 0 Å². The lowest BCUT2D eigenvalue weighted by atomic mass is 10.1. The van der Waals surface area contributed by atoms with Crippen molar-refractivity contribution in [3.05, 3.63) is 72.9 Å². The summed E-state index contributed by atoms with van der Waals surface area (Å²) in [5.41, 5.74) is 0. The van der Waals surface area contributed by atoms with E-state index in [1.54, 1.807) is 0 Å². The standard InChI is InChI=1S/C53H90O6/c1-4-7-10-13-16-19-22-25-26-27-28-29-32-34-37-40-43-46-52(55)58-49-50(59-53(56)47-44-41-38-35-31-24-21-18-15-12-9-6-3)48-57-51(54)45-42-39-36-33-30-23-20-17-14-11-8-5-2/h9,12,17-18,20-21,25-26,28-29,34,37,50H,4-8,10-11,13-16,19,22-24,27,30-33,35-36,38-49H2,1-3H3/b12-9-,20-17-,21-18-,26-25-,29-28-,37-34-. The summed E-state index contributed by atoms with van der Waals surface area (Å²) in [7, 11) is 0. The second kappa shape index (κ2) is 47.5. The normalized spacial score (nSPS) is 12.7. The van der Waals surface area contributed by atoms with Gasteiger partial charge in [-0.05, 0) is 103 Å². The predicted molar refractivity (Wildman–Crippen MR) is 251 cm³/mol. The molecule has 1 atom stereocenters. The van der Waals surface area contributed by atoms with Gasteiger partial charge in [0.05, 0.1) is 0 Å². The van der Waals surface area contributed by atoms with Crippen LogP contribution in [0.5, 0.6) is 0 Å². The first-order valence-corrected chi connectivity index (χ1v) is 24.4. The van der Waals surface area contributed by atoms with Crippen LogP contribution < -0.4 is 0 Å². The maximum Gasteiger partial charge on any atom is 0.306 e. The van der Waals surface area contributed by atoms with E-state index in [9.17, 15) is 14.4 Å². The van der Waals surface area contributed by atoms with Crippen LogP contribution in [0.3, 0.4) is 0 Å². The molecule has 6 nitrogen and oxygen atoms in total. The Bertz CT molecular complexity index is 1130. The van der Waals surface area contributed by atoms with E-state index >= 15 is 0 Å². The first-order valence-electron chi connectivity index (χ1n) is 24.4. The van der Waals surface area contributed by atoms with E-state index in [1.165, 1.54) is 77.0 Å². The van der Waals surface area contributed by atoms with Crippen LogP contribution >= 0.6 is 0 Å². The van der Waals surface area contributed by atoms with Gasteiger partial charge in [-0.3, -0.25) is 14.4 Å². The summed E-state index contributed by atoms with van der Waals surface area (Å²) in [5.74, 6) is -0.983. The van der Waals surface area contributed by atoms with Gasteiger partial charge in [0.15, 0.2) is 6.10 Å². The molecule has 0 radical (unpaired) electrons. The molecule has 0 aliphatic carbocycles. The third-order valence-electron chi connectivity index (χ3n) is 10.2. The Morgan fingerprint density at radius 2 is 0.678 bits per heavy atom. The minimum Gasteiger partial charge on any atom is -0.462 e. The van der Waals surface area contributed by atoms with Crippen molar-refractivity contribution in [2.24, 2.45) is 0 Å². The number of hydrogen-bond donors (Lipinski definition) is 0. The lowest BCUT2D eigenvalue weighted by molar-refractivity contribution is -0.167. The number of carbonyl (C=O) groups is 3. The second-order valence-corrected chi connectivity index (χ2v) is 16.0. The number of carbonyl (C=O) groups excluding carboxylic acids is 3. The Balaban J connectivity index is 4.47. The second-order valence-electron chi connectivity index (χ2n) is 16.0. The summed E-state index contributed by atoms with van der Waals surface area (Å²) >= 11 is 0. The quantitative estimate of drug-likeness (QED) is 0.0264. The van der Waals surface area contributed by atoms with Gasteiger partial charge in [0.25, 0.3) is 0 Å². The monoisotopic (exact) mass is 823 g/mol. The van der Waals surface area contributed by atoms with Crippen molar-refractivity contribution in [2.45, 2.75) is 232 Å². The van der Waals surface area contributed by atoms with E-state index in [-0.39, 0.29) is 37.5 Å². The highest BCUT2D eigenvalue weighted by molar-refractivity contribution is 5.71. The summed E-state index contributed by atoms with van der Waals surface area (Å²) < 4.78 is 16.7. The molecule has 0 aliphatic rings. The minimum atomic E-state index is -0.804. The molecular weight excluding hydrogens is 733 g/mol. The van der Waals surface area contributed by atoms with Crippen LogP contribution in [0, 0.1) is 0 Å². The van der Waals surface area contributed by atoms with E-state index in [4.69, 9.17) is 14.2 Å². The largest absolute Gasteiger partial charge is 0.462 e. The van der Waals surface area contributed by atoms with E-state index in [1.807, 2.05) is 0 Å². The van der Waals surface area contributed by atoms with Crippen molar-refractivity contribution in [1.29, 1.82) is 0 Å². The third kappa shape index (κ3) is 45.8. The summed E-state index contributed by atoms with van der Waals surface area (Å²) in [5, 5.41) is 0. The fraction of sp³-hybridized carbons (Fsp3) is 0.717. The fourth-order valence-electron chi connectivity index (χ4n) is 6.49. The molecule has 338 valence electrons. The Kier molecular flexibility index (Phi) is 45.0. The van der Waals surface area contributed by atoms with Crippen molar-refractivity contribution in [2.75, 3.05) is 13.2 Å². The molecule has 0 saturated heterocycles. The molecular formula is C53H90O6. The molecule has 0 saturated carbocycles. The highest BCUT2D eigenvalue weighted by atomic mass is 16.6. The van der Waals surface area contributed by atoms with Crippen molar-refractivity contribution < 1.29 is 28.6 Å². The number of rotatable bonds is 43. The molecule has 0 spiro atoms. The molecule has 0 heterocycles. The van der Waals surface area contributed by atoms with E-state index in [2.05, 4.69) is 93.7 Å². The van der Waals surface area contributed by atoms with Crippen LogP contribution in [0.15, 0.2) is 72.9 Å². The Hall–Kier alpha value is -3.15. The molecule has 0 bridgehead atoms. The average molecular weight is 823 g/mol. The number of esters is 3. The molecule has 0 aromatic heterocycles. The summed E-state index contributed by atoms with van der Waals surface area (Å²) in [6.07, 6.45) is 58.9. The van der Waals surface area contributed by atoms with Crippen LogP contribution in [0.25, 0.3) is 0 Å². The molecule has 59 heavy (non-hydrogen) atoms. The zero-order chi connectivity index (χ0) is 43.0. The topological polar surface area (TPSA) is 78.9 Å². The van der Waals surface area contributed by atoms with Gasteiger partial charge in [0.1, 0.15) is 13.2 Å². The Morgan fingerprint density at radius 1 is 0.356 bits per heavy atom. The van der Waals surface area contributed by atoms with Crippen LogP contribution in [-0.4, -0.2) is 37.2 Å². The molecule has 0 rings (SSSR count). The highest BCUT2D eigenvalue weighted by Crippen LogP contribution is 2.13. The SMILES string of the molecule is CC/C=C\C/C=C\CCCCCCCC(=O)OC(COC(=O)CCC/C=C\C/C=C\C/C=C\CCCCCCCC)COC(=O)CCCCCCC/C=C\CCCCC. The molecule has 0 fully saturated rings. The molecule has 6 heteroatoms.